The number of fused-ring (bicyclic) bond motifs is 3. The number of ether oxygens (including phenoxy) is 4. The van der Waals surface area contributed by atoms with Gasteiger partial charge in [-0.05, 0) is 105 Å². The molecular formula is C40H43Cl2N4O6+. The van der Waals surface area contributed by atoms with Crippen molar-refractivity contribution in [3.63, 3.8) is 0 Å². The number of carbonyl (C=O) groups excluding carboxylic acids is 2. The number of anilines is 1. The molecule has 5 heterocycles. The van der Waals surface area contributed by atoms with Gasteiger partial charge in [-0.1, -0.05) is 47.5 Å². The second kappa shape index (κ2) is 16.5. The van der Waals surface area contributed by atoms with Crippen LogP contribution in [0.5, 0.6) is 11.5 Å². The molecule has 2 aromatic heterocycles. The molecule has 1 saturated carbocycles. The van der Waals surface area contributed by atoms with Gasteiger partial charge >= 0.3 is 12.1 Å². The molecule has 52 heavy (non-hydrogen) atoms. The van der Waals surface area contributed by atoms with Crippen LogP contribution in [0.3, 0.4) is 0 Å². The minimum Gasteiger partial charge on any atom is -0.493 e. The van der Waals surface area contributed by atoms with Crippen molar-refractivity contribution in [2.75, 3.05) is 31.6 Å². The minimum atomic E-state index is -0.748. The standard InChI is InChI=1S/C40H42Cl2N4O6/c1-49-34-14-13-29(20-36(34)50-30-6-2-3-7-30)35(21-31-32(41)22-43-23-33(31)42)51-39(47)28-11-9-26(10-12-28)24-46(38-8-4-5-17-44-38)40(48)52-37-25-45-18-15-27(37)16-19-45/h4-5,8-14,17,20,22-23,27,30,35,37H,2-3,6-7,15-16,18-19,21,24-25H2,1H3/p+1/t35-,37+/m1/s1. The van der Waals surface area contributed by atoms with Gasteiger partial charge in [0.25, 0.3) is 0 Å². The molecule has 1 aliphatic carbocycles. The van der Waals surface area contributed by atoms with E-state index in [1.807, 2.05) is 42.5 Å². The molecule has 0 spiro atoms. The van der Waals surface area contributed by atoms with Crippen LogP contribution in [-0.2, 0) is 22.4 Å². The van der Waals surface area contributed by atoms with E-state index in [0.29, 0.717) is 50.0 Å². The lowest BCUT2D eigenvalue weighted by Crippen LogP contribution is -2.53. The van der Waals surface area contributed by atoms with Crippen molar-refractivity contribution in [3.8, 4) is 11.5 Å². The zero-order valence-electron chi connectivity index (χ0n) is 29.1. The fourth-order valence-corrected chi connectivity index (χ4v) is 7.90. The van der Waals surface area contributed by atoms with Crippen LogP contribution in [0.2, 0.25) is 10.0 Å². The number of nitrogens with one attached hydrogen (secondary N) is 1. The van der Waals surface area contributed by atoms with Crippen molar-refractivity contribution >= 4 is 41.1 Å². The van der Waals surface area contributed by atoms with Gasteiger partial charge in [0.1, 0.15) is 28.1 Å². The maximum atomic E-state index is 13.8. The van der Waals surface area contributed by atoms with Gasteiger partial charge in [0.05, 0.1) is 25.3 Å². The Morgan fingerprint density at radius 2 is 1.71 bits per heavy atom. The summed E-state index contributed by atoms with van der Waals surface area (Å²) in [6.45, 7) is 3.09. The molecule has 2 bridgehead atoms. The molecule has 4 aliphatic rings. The zero-order chi connectivity index (χ0) is 36.0. The largest absolute Gasteiger partial charge is 0.493 e. The third-order valence-corrected chi connectivity index (χ3v) is 11.0. The summed E-state index contributed by atoms with van der Waals surface area (Å²) in [6.07, 6.45) is 10.2. The van der Waals surface area contributed by atoms with Crippen molar-refractivity contribution in [1.82, 2.24) is 9.88 Å². The Balaban J connectivity index is 1.09. The predicted molar refractivity (Wildman–Crippen MR) is 197 cm³/mol. The number of nitrogens with zero attached hydrogens (tertiary/aromatic N) is 3. The minimum absolute atomic E-state index is 0.105. The Bertz CT molecular complexity index is 1830. The SMILES string of the molecule is COc1ccc([C@@H](Cc2c(Cl)c[nH+]cc2Cl)OC(=O)c2ccc(CN(C(=O)O[C@H]3CN4CCC3CC4)c3ccccn3)cc2)cc1OC1CCCC1. The van der Waals surface area contributed by atoms with E-state index in [-0.39, 0.29) is 25.2 Å². The lowest BCUT2D eigenvalue weighted by molar-refractivity contribution is -0.377. The maximum absolute atomic E-state index is 13.8. The molecular weight excluding hydrogens is 703 g/mol. The Morgan fingerprint density at radius 1 is 0.962 bits per heavy atom. The number of aromatic amines is 1. The van der Waals surface area contributed by atoms with Crippen LogP contribution >= 0.6 is 23.2 Å². The summed E-state index contributed by atoms with van der Waals surface area (Å²) < 4.78 is 24.3. The third-order valence-electron chi connectivity index (χ3n) is 10.3. The van der Waals surface area contributed by atoms with Crippen molar-refractivity contribution in [2.45, 2.75) is 69.8 Å². The van der Waals surface area contributed by atoms with E-state index in [1.54, 1.807) is 48.8 Å². The molecule has 2 atom stereocenters. The second-order valence-corrected chi connectivity index (χ2v) is 14.5. The van der Waals surface area contributed by atoms with E-state index in [2.05, 4.69) is 14.9 Å². The summed E-state index contributed by atoms with van der Waals surface area (Å²) in [5.74, 6) is 1.55. The maximum Gasteiger partial charge on any atom is 0.416 e. The van der Waals surface area contributed by atoms with Crippen LogP contribution in [0.25, 0.3) is 0 Å². The number of hydrogen-bond acceptors (Lipinski definition) is 8. The van der Waals surface area contributed by atoms with Gasteiger partial charge in [0.2, 0.25) is 0 Å². The quantitative estimate of drug-likeness (QED) is 0.135. The molecule has 4 fully saturated rings. The smallest absolute Gasteiger partial charge is 0.416 e. The molecule has 10 nitrogen and oxygen atoms in total. The van der Waals surface area contributed by atoms with Crippen LogP contribution in [0, 0.1) is 5.92 Å². The van der Waals surface area contributed by atoms with E-state index >= 15 is 0 Å². The first kappa shape index (κ1) is 36.0. The molecule has 1 N–H and O–H groups in total. The van der Waals surface area contributed by atoms with Crippen LogP contribution in [0.1, 0.15) is 71.7 Å². The van der Waals surface area contributed by atoms with Crippen LogP contribution in [0.15, 0.2) is 79.3 Å². The molecule has 1 amide bonds. The first-order chi connectivity index (χ1) is 25.3. The van der Waals surface area contributed by atoms with Gasteiger partial charge in [-0.2, -0.15) is 0 Å². The average molecular weight is 747 g/mol. The number of piperidine rings is 3. The van der Waals surface area contributed by atoms with Crippen LogP contribution in [-0.4, -0.2) is 60.9 Å². The summed E-state index contributed by atoms with van der Waals surface area (Å²) in [4.78, 5) is 38.7. The molecule has 8 rings (SSSR count). The summed E-state index contributed by atoms with van der Waals surface area (Å²) in [5.41, 5.74) is 2.50. The van der Waals surface area contributed by atoms with Crippen molar-refractivity contribution in [1.29, 1.82) is 0 Å². The fourth-order valence-electron chi connectivity index (χ4n) is 7.37. The van der Waals surface area contributed by atoms with E-state index in [1.165, 1.54) is 0 Å². The summed E-state index contributed by atoms with van der Waals surface area (Å²) in [6, 6.07) is 18.0. The number of aromatic nitrogens is 2. The number of amides is 1. The first-order valence-electron chi connectivity index (χ1n) is 17.9. The topological polar surface area (TPSA) is 105 Å². The summed E-state index contributed by atoms with van der Waals surface area (Å²) in [7, 11) is 1.61. The number of carbonyl (C=O) groups is 2. The van der Waals surface area contributed by atoms with Crippen molar-refractivity contribution < 1.29 is 33.5 Å². The number of hydrogen-bond donors (Lipinski definition) is 0. The number of rotatable bonds is 12. The number of methoxy groups -OCH3 is 1. The molecule has 272 valence electrons. The molecule has 12 heteroatoms. The Hall–Kier alpha value is -4.38. The van der Waals surface area contributed by atoms with Gasteiger partial charge in [-0.15, -0.1) is 0 Å². The van der Waals surface area contributed by atoms with Crippen molar-refractivity contribution in [3.05, 3.63) is 112 Å². The zero-order valence-corrected chi connectivity index (χ0v) is 30.7. The third kappa shape index (κ3) is 8.46. The summed E-state index contributed by atoms with van der Waals surface area (Å²) >= 11 is 13.1. The Labute approximate surface area is 313 Å². The highest BCUT2D eigenvalue weighted by Crippen LogP contribution is 2.37. The van der Waals surface area contributed by atoms with Gasteiger partial charge in [-0.3, -0.25) is 9.80 Å². The summed E-state index contributed by atoms with van der Waals surface area (Å²) in [5, 5.41) is 0.858. The van der Waals surface area contributed by atoms with E-state index in [9.17, 15) is 9.59 Å². The second-order valence-electron chi connectivity index (χ2n) is 13.7. The van der Waals surface area contributed by atoms with Gasteiger partial charge in [0, 0.05) is 24.7 Å². The highest BCUT2D eigenvalue weighted by Gasteiger charge is 2.37. The molecule has 0 unspecified atom stereocenters. The highest BCUT2D eigenvalue weighted by molar-refractivity contribution is 6.35. The fraction of sp³-hybridized carbons (Fsp3) is 0.400. The van der Waals surface area contributed by atoms with E-state index in [4.69, 9.17) is 42.1 Å². The molecule has 0 radical (unpaired) electrons. The van der Waals surface area contributed by atoms with E-state index in [0.717, 1.165) is 63.7 Å². The Kier molecular flexibility index (Phi) is 11.4. The average Bonchev–Trinajstić information content (AvgIpc) is 3.69. The van der Waals surface area contributed by atoms with Crippen molar-refractivity contribution in [2.24, 2.45) is 5.92 Å². The number of benzene rings is 2. The number of halogens is 2. The van der Waals surface area contributed by atoms with Gasteiger partial charge in [-0.25, -0.2) is 19.6 Å². The monoisotopic (exact) mass is 745 g/mol. The highest BCUT2D eigenvalue weighted by atomic mass is 35.5. The number of esters is 1. The number of pyridine rings is 2. The molecule has 4 aromatic rings. The number of H-pyrrole nitrogens is 1. The predicted octanol–water partition coefficient (Wildman–Crippen LogP) is 7.91. The first-order valence-corrected chi connectivity index (χ1v) is 18.7. The lowest BCUT2D eigenvalue weighted by atomic mass is 9.86. The molecule has 2 aromatic carbocycles. The Morgan fingerprint density at radius 3 is 2.37 bits per heavy atom. The van der Waals surface area contributed by atoms with Crippen LogP contribution in [0.4, 0.5) is 10.6 Å². The normalized spacial score (nSPS) is 20.2. The van der Waals surface area contributed by atoms with Gasteiger partial charge in [0.15, 0.2) is 23.9 Å². The molecule has 3 aliphatic heterocycles. The van der Waals surface area contributed by atoms with Gasteiger partial charge < -0.3 is 18.9 Å². The molecule has 3 saturated heterocycles. The van der Waals surface area contributed by atoms with E-state index < -0.39 is 18.2 Å². The van der Waals surface area contributed by atoms with Crippen LogP contribution < -0.4 is 19.4 Å². The lowest BCUT2D eigenvalue weighted by Gasteiger charge is -2.44.